The average molecular weight is 426 g/mol. The molecule has 31 heavy (non-hydrogen) atoms. The summed E-state index contributed by atoms with van der Waals surface area (Å²) in [6.45, 7) is 5.55. The first-order valence-electron chi connectivity index (χ1n) is 9.58. The fraction of sp³-hybridized carbons (Fsp3) is 0.300. The number of hydrogen-bond donors (Lipinski definition) is 0. The third-order valence-electron chi connectivity index (χ3n) is 4.42. The van der Waals surface area contributed by atoms with E-state index in [-0.39, 0.29) is 41.0 Å². The molecule has 0 aliphatic rings. The summed E-state index contributed by atoms with van der Waals surface area (Å²) in [4.78, 5) is 28.2. The van der Waals surface area contributed by atoms with E-state index < -0.39 is 10.9 Å². The highest BCUT2D eigenvalue weighted by atomic mass is 16.6. The van der Waals surface area contributed by atoms with Crippen LogP contribution < -0.4 is 0 Å². The van der Waals surface area contributed by atoms with Gasteiger partial charge in [-0.3, -0.25) is 14.8 Å². The Morgan fingerprint density at radius 3 is 2.55 bits per heavy atom. The molecule has 2 aromatic heterocycles. The van der Waals surface area contributed by atoms with Crippen LogP contribution in [0, 0.1) is 17.0 Å². The highest BCUT2D eigenvalue weighted by Crippen LogP contribution is 2.29. The molecular formula is C20H22N6O5. The van der Waals surface area contributed by atoms with Gasteiger partial charge in [-0.2, -0.15) is 15.2 Å². The summed E-state index contributed by atoms with van der Waals surface area (Å²) in [5.41, 5.74) is 0.854. The molecule has 11 heteroatoms. The predicted octanol–water partition coefficient (Wildman–Crippen LogP) is 3.21. The molecule has 0 saturated carbocycles. The summed E-state index contributed by atoms with van der Waals surface area (Å²) in [6, 6.07) is 9.04. The molecule has 1 aromatic carbocycles. The first-order chi connectivity index (χ1) is 14.9. The number of ether oxygens (including phenoxy) is 2. The number of carbonyl (C=O) groups is 1. The van der Waals surface area contributed by atoms with E-state index in [1.807, 2.05) is 18.2 Å². The summed E-state index contributed by atoms with van der Waals surface area (Å²) in [5, 5.41) is 20.2. The molecule has 0 spiro atoms. The molecular weight excluding hydrogens is 404 g/mol. The van der Waals surface area contributed by atoms with Gasteiger partial charge in [0.25, 0.3) is 0 Å². The second-order valence-corrected chi connectivity index (χ2v) is 6.33. The SMILES string of the molecule is CCOC(=O)c1cnn(-c2ccccc2)c1/N=C(/OC)c1c([N+](=O)[O-])c(C)nn1CC. The van der Waals surface area contributed by atoms with Gasteiger partial charge in [-0.15, -0.1) is 0 Å². The summed E-state index contributed by atoms with van der Waals surface area (Å²) in [6.07, 6.45) is 1.34. The van der Waals surface area contributed by atoms with Crippen LogP contribution in [-0.4, -0.2) is 50.1 Å². The lowest BCUT2D eigenvalue weighted by Gasteiger charge is -2.10. The smallest absolute Gasteiger partial charge is 0.343 e. The maximum Gasteiger partial charge on any atom is 0.343 e. The van der Waals surface area contributed by atoms with E-state index in [2.05, 4.69) is 15.2 Å². The number of para-hydroxylation sites is 1. The monoisotopic (exact) mass is 426 g/mol. The molecule has 3 aromatic rings. The summed E-state index contributed by atoms with van der Waals surface area (Å²) in [7, 11) is 1.35. The van der Waals surface area contributed by atoms with Crippen LogP contribution >= 0.6 is 0 Å². The van der Waals surface area contributed by atoms with E-state index in [9.17, 15) is 14.9 Å². The van der Waals surface area contributed by atoms with Crippen molar-refractivity contribution in [1.82, 2.24) is 19.6 Å². The Morgan fingerprint density at radius 2 is 1.97 bits per heavy atom. The zero-order chi connectivity index (χ0) is 22.5. The van der Waals surface area contributed by atoms with Gasteiger partial charge in [0.15, 0.2) is 5.82 Å². The maximum absolute atomic E-state index is 12.5. The van der Waals surface area contributed by atoms with E-state index in [0.717, 1.165) is 0 Å². The molecule has 3 rings (SSSR count). The highest BCUT2D eigenvalue weighted by molar-refractivity contribution is 6.01. The first-order valence-corrected chi connectivity index (χ1v) is 9.58. The number of carbonyl (C=O) groups excluding carboxylic acids is 1. The Morgan fingerprint density at radius 1 is 1.26 bits per heavy atom. The van der Waals surface area contributed by atoms with E-state index >= 15 is 0 Å². The molecule has 0 aliphatic heterocycles. The van der Waals surface area contributed by atoms with Crippen molar-refractivity contribution < 1.29 is 19.2 Å². The van der Waals surface area contributed by atoms with E-state index in [0.29, 0.717) is 12.2 Å². The standard InChI is InChI=1S/C20H22N6O5/c1-5-24-17(16(26(28)29)13(3)23-24)19(30-4)22-18-15(20(27)31-6-2)12-21-25(18)14-10-8-7-9-11-14/h7-12H,5-6H2,1-4H3/b22-19+. The van der Waals surface area contributed by atoms with Crippen LogP contribution in [0.4, 0.5) is 11.5 Å². The zero-order valence-electron chi connectivity index (χ0n) is 17.6. The quantitative estimate of drug-likeness (QED) is 0.187. The highest BCUT2D eigenvalue weighted by Gasteiger charge is 2.31. The van der Waals surface area contributed by atoms with Gasteiger partial charge in [-0.05, 0) is 32.9 Å². The van der Waals surface area contributed by atoms with E-state index in [1.54, 1.807) is 32.9 Å². The van der Waals surface area contributed by atoms with Gasteiger partial charge in [0.2, 0.25) is 11.6 Å². The van der Waals surface area contributed by atoms with Crippen LogP contribution in [0.25, 0.3) is 5.69 Å². The minimum atomic E-state index is -0.617. The maximum atomic E-state index is 12.5. The molecule has 162 valence electrons. The van der Waals surface area contributed by atoms with Crippen molar-refractivity contribution in [2.24, 2.45) is 4.99 Å². The number of aryl methyl sites for hydroxylation is 2. The number of esters is 1. The lowest BCUT2D eigenvalue weighted by Crippen LogP contribution is -2.14. The number of aliphatic imine (C=N–C) groups is 1. The third-order valence-corrected chi connectivity index (χ3v) is 4.42. The van der Waals surface area contributed by atoms with Gasteiger partial charge in [0.1, 0.15) is 11.3 Å². The molecule has 2 heterocycles. The molecule has 11 nitrogen and oxygen atoms in total. The number of nitrogens with zero attached hydrogens (tertiary/aromatic N) is 6. The van der Waals surface area contributed by atoms with Crippen LogP contribution in [-0.2, 0) is 16.0 Å². The molecule has 0 radical (unpaired) electrons. The number of rotatable bonds is 7. The van der Waals surface area contributed by atoms with E-state index in [1.165, 1.54) is 22.7 Å². The molecule has 0 bridgehead atoms. The molecule has 0 atom stereocenters. The van der Waals surface area contributed by atoms with Crippen LogP contribution in [0.3, 0.4) is 0 Å². The lowest BCUT2D eigenvalue weighted by molar-refractivity contribution is -0.385. The predicted molar refractivity (Wildman–Crippen MR) is 112 cm³/mol. The molecule has 0 N–H and O–H groups in total. The normalized spacial score (nSPS) is 11.4. The van der Waals surface area contributed by atoms with Crippen molar-refractivity contribution in [2.45, 2.75) is 27.3 Å². The van der Waals surface area contributed by atoms with Crippen LogP contribution in [0.1, 0.15) is 35.6 Å². The number of benzene rings is 1. The van der Waals surface area contributed by atoms with Crippen molar-refractivity contribution in [1.29, 1.82) is 0 Å². The van der Waals surface area contributed by atoms with Gasteiger partial charge in [-0.25, -0.2) is 9.48 Å². The zero-order valence-corrected chi connectivity index (χ0v) is 17.6. The van der Waals surface area contributed by atoms with Crippen LogP contribution in [0.15, 0.2) is 41.5 Å². The van der Waals surface area contributed by atoms with Gasteiger partial charge in [-0.1, -0.05) is 18.2 Å². The average Bonchev–Trinajstić information content (AvgIpc) is 3.33. The van der Waals surface area contributed by atoms with Crippen molar-refractivity contribution in [3.05, 3.63) is 63.6 Å². The first kappa shape index (κ1) is 21.7. The minimum Gasteiger partial charge on any atom is -0.479 e. The Bertz CT molecular complexity index is 1130. The summed E-state index contributed by atoms with van der Waals surface area (Å²) in [5.74, 6) is -0.566. The summed E-state index contributed by atoms with van der Waals surface area (Å²) >= 11 is 0. The Balaban J connectivity index is 2.27. The van der Waals surface area contributed by atoms with Gasteiger partial charge in [0.05, 0.1) is 30.5 Å². The number of hydrogen-bond acceptors (Lipinski definition) is 8. The molecule has 0 unspecified atom stereocenters. The largest absolute Gasteiger partial charge is 0.479 e. The van der Waals surface area contributed by atoms with Crippen LogP contribution in [0.5, 0.6) is 0 Å². The van der Waals surface area contributed by atoms with E-state index in [4.69, 9.17) is 9.47 Å². The molecule has 0 saturated heterocycles. The minimum absolute atomic E-state index is 0.0719. The Hall–Kier alpha value is -4.02. The van der Waals surface area contributed by atoms with Crippen molar-refractivity contribution in [2.75, 3.05) is 13.7 Å². The number of methoxy groups -OCH3 is 1. The van der Waals surface area contributed by atoms with Gasteiger partial charge < -0.3 is 9.47 Å². The van der Waals surface area contributed by atoms with Crippen molar-refractivity contribution in [3.63, 3.8) is 0 Å². The molecule has 0 amide bonds. The fourth-order valence-corrected chi connectivity index (χ4v) is 3.08. The lowest BCUT2D eigenvalue weighted by atomic mass is 10.2. The number of nitro groups is 1. The second kappa shape index (κ2) is 9.20. The third kappa shape index (κ3) is 4.15. The van der Waals surface area contributed by atoms with Gasteiger partial charge in [0, 0.05) is 6.54 Å². The van der Waals surface area contributed by atoms with Crippen LogP contribution in [0.2, 0.25) is 0 Å². The van der Waals surface area contributed by atoms with Crippen molar-refractivity contribution >= 4 is 23.4 Å². The van der Waals surface area contributed by atoms with Gasteiger partial charge >= 0.3 is 11.7 Å². The van der Waals surface area contributed by atoms with Crippen molar-refractivity contribution in [3.8, 4) is 5.69 Å². The molecule has 0 aliphatic carbocycles. The summed E-state index contributed by atoms with van der Waals surface area (Å²) < 4.78 is 13.4. The topological polar surface area (TPSA) is 127 Å². The number of aromatic nitrogens is 4. The Labute approximate surface area is 178 Å². The molecule has 0 fully saturated rings. The fourth-order valence-electron chi connectivity index (χ4n) is 3.08. The Kier molecular flexibility index (Phi) is 6.43. The second-order valence-electron chi connectivity index (χ2n) is 6.33.